The number of anilines is 1. The number of para-hydroxylation sites is 1. The average Bonchev–Trinajstić information content (AvgIpc) is 2.41. The molecule has 2 nitrogen and oxygen atoms in total. The highest BCUT2D eigenvalue weighted by molar-refractivity contribution is 14.1. The van der Waals surface area contributed by atoms with E-state index in [1.165, 1.54) is 0 Å². The van der Waals surface area contributed by atoms with Crippen LogP contribution in [0.5, 0.6) is 0 Å². The van der Waals surface area contributed by atoms with Crippen LogP contribution in [0.3, 0.4) is 0 Å². The van der Waals surface area contributed by atoms with E-state index in [1.54, 1.807) is 0 Å². The van der Waals surface area contributed by atoms with Crippen molar-refractivity contribution in [2.24, 2.45) is 0 Å². The molecular weight excluding hydrogens is 405 g/mol. The van der Waals surface area contributed by atoms with Crippen molar-refractivity contribution in [3.8, 4) is 0 Å². The number of alkyl halides is 1. The molecule has 0 fully saturated rings. The molecule has 0 heterocycles. The summed E-state index contributed by atoms with van der Waals surface area (Å²) in [7, 11) is 0. The molecule has 1 amide bonds. The number of hydrogen-bond acceptors (Lipinski definition) is 1. The fourth-order valence-electron chi connectivity index (χ4n) is 1.50. The lowest BCUT2D eigenvalue weighted by Gasteiger charge is -2.07. The van der Waals surface area contributed by atoms with Gasteiger partial charge in [-0.2, -0.15) is 0 Å². The Morgan fingerprint density at radius 3 is 2.39 bits per heavy atom. The first-order valence-corrected chi connectivity index (χ1v) is 7.61. The van der Waals surface area contributed by atoms with E-state index in [9.17, 15) is 4.79 Å². The number of hydrogen-bond donors (Lipinski definition) is 1. The van der Waals surface area contributed by atoms with Crippen molar-refractivity contribution in [2.45, 2.75) is 5.33 Å². The second-order valence-electron chi connectivity index (χ2n) is 3.76. The van der Waals surface area contributed by atoms with Crippen molar-refractivity contribution in [3.05, 3.63) is 63.2 Å². The highest BCUT2D eigenvalue weighted by Crippen LogP contribution is 2.18. The van der Waals surface area contributed by atoms with Crippen LogP contribution in [0.4, 0.5) is 5.69 Å². The van der Waals surface area contributed by atoms with Crippen molar-refractivity contribution in [1.29, 1.82) is 0 Å². The third-order valence-corrected chi connectivity index (χ3v) is 4.08. The smallest absolute Gasteiger partial charge is 0.255 e. The molecule has 0 spiro atoms. The zero-order chi connectivity index (χ0) is 13.0. The van der Waals surface area contributed by atoms with Gasteiger partial charge in [-0.15, -0.1) is 0 Å². The number of nitrogens with one attached hydrogen (secondary N) is 1. The van der Waals surface area contributed by atoms with Gasteiger partial charge in [0.25, 0.3) is 5.91 Å². The number of amides is 1. The van der Waals surface area contributed by atoms with Gasteiger partial charge >= 0.3 is 0 Å². The first-order chi connectivity index (χ1) is 8.70. The maximum absolute atomic E-state index is 12.0. The lowest BCUT2D eigenvalue weighted by molar-refractivity contribution is 0.102. The van der Waals surface area contributed by atoms with Gasteiger partial charge in [0.1, 0.15) is 0 Å². The van der Waals surface area contributed by atoms with E-state index in [1.807, 2.05) is 48.5 Å². The Labute approximate surface area is 128 Å². The number of carbonyl (C=O) groups is 1. The molecule has 0 unspecified atom stereocenters. The minimum absolute atomic E-state index is 0.0831. The van der Waals surface area contributed by atoms with Gasteiger partial charge < -0.3 is 5.32 Å². The largest absolute Gasteiger partial charge is 0.321 e. The van der Waals surface area contributed by atoms with Crippen molar-refractivity contribution in [2.75, 3.05) is 5.32 Å². The monoisotopic (exact) mass is 415 g/mol. The van der Waals surface area contributed by atoms with Crippen LogP contribution in [0.25, 0.3) is 0 Å². The summed E-state index contributed by atoms with van der Waals surface area (Å²) in [6, 6.07) is 15.3. The normalized spacial score (nSPS) is 10.1. The molecule has 4 heteroatoms. The lowest BCUT2D eigenvalue weighted by Crippen LogP contribution is -2.12. The van der Waals surface area contributed by atoms with Crippen molar-refractivity contribution >= 4 is 50.1 Å². The Morgan fingerprint density at radius 1 is 1.11 bits per heavy atom. The molecule has 0 bridgehead atoms. The highest BCUT2D eigenvalue weighted by atomic mass is 127. The Hall–Kier alpha value is -0.880. The third kappa shape index (κ3) is 3.32. The van der Waals surface area contributed by atoms with Gasteiger partial charge in [0.2, 0.25) is 0 Å². The summed E-state index contributed by atoms with van der Waals surface area (Å²) >= 11 is 5.58. The molecule has 0 aliphatic heterocycles. The van der Waals surface area contributed by atoms with Crippen LogP contribution in [0.1, 0.15) is 15.9 Å². The Kier molecular flexibility index (Phi) is 4.77. The van der Waals surface area contributed by atoms with E-state index in [0.717, 1.165) is 20.2 Å². The second kappa shape index (κ2) is 6.33. The topological polar surface area (TPSA) is 29.1 Å². The van der Waals surface area contributed by atoms with Crippen LogP contribution in [-0.2, 0) is 5.33 Å². The summed E-state index contributed by atoms with van der Waals surface area (Å²) < 4.78 is 1.03. The number of rotatable bonds is 3. The van der Waals surface area contributed by atoms with Gasteiger partial charge in [-0.05, 0) is 52.4 Å². The molecule has 18 heavy (non-hydrogen) atoms. The summed E-state index contributed by atoms with van der Waals surface area (Å²) in [4.78, 5) is 12.0. The van der Waals surface area contributed by atoms with E-state index < -0.39 is 0 Å². The van der Waals surface area contributed by atoms with Crippen molar-refractivity contribution in [3.63, 3.8) is 0 Å². The van der Waals surface area contributed by atoms with Gasteiger partial charge in [-0.1, -0.05) is 40.2 Å². The number of halogens is 2. The predicted molar refractivity (Wildman–Crippen MR) is 86.2 cm³/mol. The van der Waals surface area contributed by atoms with E-state index >= 15 is 0 Å². The number of carbonyl (C=O) groups excluding carboxylic acids is 1. The predicted octanol–water partition coefficient (Wildman–Crippen LogP) is 4.44. The third-order valence-electron chi connectivity index (χ3n) is 2.49. The molecule has 0 saturated carbocycles. The molecule has 0 saturated heterocycles. The molecule has 0 atom stereocenters. The summed E-state index contributed by atoms with van der Waals surface area (Å²) in [5.41, 5.74) is 2.66. The Balaban J connectivity index is 2.14. The van der Waals surface area contributed by atoms with E-state index in [0.29, 0.717) is 5.56 Å². The second-order valence-corrected chi connectivity index (χ2v) is 5.49. The Bertz CT molecular complexity index is 554. The molecule has 0 radical (unpaired) electrons. The van der Waals surface area contributed by atoms with Gasteiger partial charge in [0.15, 0.2) is 0 Å². The first-order valence-electron chi connectivity index (χ1n) is 5.41. The quantitative estimate of drug-likeness (QED) is 0.582. The number of benzene rings is 2. The lowest BCUT2D eigenvalue weighted by atomic mass is 10.1. The van der Waals surface area contributed by atoms with E-state index in [2.05, 4.69) is 43.8 Å². The zero-order valence-electron chi connectivity index (χ0n) is 9.49. The molecule has 0 aliphatic carbocycles. The molecule has 2 aromatic rings. The molecule has 0 aliphatic rings. The molecule has 92 valence electrons. The van der Waals surface area contributed by atoms with E-state index in [4.69, 9.17) is 0 Å². The van der Waals surface area contributed by atoms with Crippen LogP contribution < -0.4 is 5.32 Å². The Morgan fingerprint density at radius 2 is 1.78 bits per heavy atom. The zero-order valence-corrected chi connectivity index (χ0v) is 13.2. The van der Waals surface area contributed by atoms with Crippen LogP contribution in [0, 0.1) is 3.57 Å². The average molecular weight is 416 g/mol. The fourth-order valence-corrected chi connectivity index (χ4v) is 2.40. The van der Waals surface area contributed by atoms with Crippen molar-refractivity contribution in [1.82, 2.24) is 0 Å². The maximum Gasteiger partial charge on any atom is 0.255 e. The summed E-state index contributed by atoms with van der Waals surface area (Å²) in [6.45, 7) is 0. The van der Waals surface area contributed by atoms with Crippen molar-refractivity contribution < 1.29 is 4.79 Å². The van der Waals surface area contributed by atoms with Gasteiger partial charge in [0, 0.05) is 14.5 Å². The first kappa shape index (κ1) is 13.5. The standard InChI is InChI=1S/C14H11BrINO/c15-9-10-5-7-11(8-6-10)14(18)17-13-4-2-1-3-12(13)16/h1-8H,9H2,(H,17,18). The molecule has 1 N–H and O–H groups in total. The van der Waals surface area contributed by atoms with Crippen LogP contribution in [-0.4, -0.2) is 5.91 Å². The van der Waals surface area contributed by atoms with Crippen LogP contribution in [0.2, 0.25) is 0 Å². The van der Waals surface area contributed by atoms with E-state index in [-0.39, 0.29) is 5.91 Å². The maximum atomic E-state index is 12.0. The van der Waals surface area contributed by atoms with Gasteiger partial charge in [-0.25, -0.2) is 0 Å². The molecular formula is C14H11BrINO. The summed E-state index contributed by atoms with van der Waals surface area (Å²) in [6.07, 6.45) is 0. The molecule has 2 rings (SSSR count). The van der Waals surface area contributed by atoms with Gasteiger partial charge in [0.05, 0.1) is 5.69 Å². The minimum atomic E-state index is -0.0831. The van der Waals surface area contributed by atoms with Crippen LogP contribution >= 0.6 is 38.5 Å². The minimum Gasteiger partial charge on any atom is -0.321 e. The molecule has 2 aromatic carbocycles. The fraction of sp³-hybridized carbons (Fsp3) is 0.0714. The summed E-state index contributed by atoms with van der Waals surface area (Å²) in [5, 5.41) is 3.70. The highest BCUT2D eigenvalue weighted by Gasteiger charge is 2.07. The molecule has 0 aromatic heterocycles. The SMILES string of the molecule is O=C(Nc1ccccc1I)c1ccc(CBr)cc1. The summed E-state index contributed by atoms with van der Waals surface area (Å²) in [5.74, 6) is -0.0831. The van der Waals surface area contributed by atoms with Crippen LogP contribution in [0.15, 0.2) is 48.5 Å². The van der Waals surface area contributed by atoms with Gasteiger partial charge in [-0.3, -0.25) is 4.79 Å².